The molecule has 2 unspecified atom stereocenters. The molecule has 0 spiro atoms. The molecule has 2 atom stereocenters. The summed E-state index contributed by atoms with van der Waals surface area (Å²) in [7, 11) is 0. The lowest BCUT2D eigenvalue weighted by Crippen LogP contribution is -2.48. The quantitative estimate of drug-likeness (QED) is 0.891. The first-order valence-corrected chi connectivity index (χ1v) is 7.88. The van der Waals surface area contributed by atoms with E-state index < -0.39 is 0 Å². The molecule has 2 aliphatic rings. The van der Waals surface area contributed by atoms with E-state index in [-0.39, 0.29) is 12.0 Å². The maximum absolute atomic E-state index is 12.5. The molecule has 114 valence electrons. The highest BCUT2D eigenvalue weighted by molar-refractivity contribution is 5.78. The van der Waals surface area contributed by atoms with Gasteiger partial charge in [-0.15, -0.1) is 0 Å². The van der Waals surface area contributed by atoms with Gasteiger partial charge in [0.2, 0.25) is 5.91 Å². The summed E-state index contributed by atoms with van der Waals surface area (Å²) in [5.41, 5.74) is 2.63. The van der Waals surface area contributed by atoms with Crippen molar-refractivity contribution in [1.29, 1.82) is 0 Å². The van der Waals surface area contributed by atoms with E-state index in [1.165, 1.54) is 11.1 Å². The summed E-state index contributed by atoms with van der Waals surface area (Å²) in [5.74, 6) is 0.532. The van der Waals surface area contributed by atoms with Gasteiger partial charge < -0.3 is 10.0 Å². The summed E-state index contributed by atoms with van der Waals surface area (Å²) >= 11 is 0. The van der Waals surface area contributed by atoms with E-state index >= 15 is 0 Å². The molecule has 2 aliphatic heterocycles. The summed E-state index contributed by atoms with van der Waals surface area (Å²) in [5, 5.41) is 9.93. The van der Waals surface area contributed by atoms with Gasteiger partial charge in [-0.05, 0) is 36.4 Å². The SMILES string of the molecule is CC1CCN(CC(=O)N2CCc3ccccc3C2)CC1O. The zero-order valence-corrected chi connectivity index (χ0v) is 12.7. The third-order valence-electron chi connectivity index (χ3n) is 4.84. The lowest BCUT2D eigenvalue weighted by molar-refractivity contribution is -0.134. The number of hydrogen-bond donors (Lipinski definition) is 1. The van der Waals surface area contributed by atoms with Crippen LogP contribution in [0.1, 0.15) is 24.5 Å². The molecule has 1 aromatic rings. The van der Waals surface area contributed by atoms with Crippen LogP contribution in [0.25, 0.3) is 0 Å². The Morgan fingerprint density at radius 2 is 2.05 bits per heavy atom. The van der Waals surface area contributed by atoms with Crippen LogP contribution in [0, 0.1) is 5.92 Å². The number of β-amino-alcohol motifs (C(OH)–C–C–N with tert-alkyl or cyclic N) is 1. The smallest absolute Gasteiger partial charge is 0.237 e. The van der Waals surface area contributed by atoms with E-state index in [0.29, 0.717) is 19.0 Å². The lowest BCUT2D eigenvalue weighted by atomic mass is 9.96. The van der Waals surface area contributed by atoms with Crippen LogP contribution in [0.2, 0.25) is 0 Å². The number of nitrogens with zero attached hydrogens (tertiary/aromatic N) is 2. The van der Waals surface area contributed by atoms with Crippen molar-refractivity contribution >= 4 is 5.91 Å². The van der Waals surface area contributed by atoms with Crippen molar-refractivity contribution in [3.63, 3.8) is 0 Å². The van der Waals surface area contributed by atoms with Crippen molar-refractivity contribution in [3.8, 4) is 0 Å². The summed E-state index contributed by atoms with van der Waals surface area (Å²) in [6, 6.07) is 8.36. The third kappa shape index (κ3) is 3.27. The molecular weight excluding hydrogens is 264 g/mol. The summed E-state index contributed by atoms with van der Waals surface area (Å²) in [6.45, 7) is 5.58. The van der Waals surface area contributed by atoms with Crippen LogP contribution in [-0.4, -0.2) is 53.1 Å². The second kappa shape index (κ2) is 6.16. The molecule has 3 rings (SSSR count). The van der Waals surface area contributed by atoms with Gasteiger partial charge in [0.1, 0.15) is 0 Å². The molecule has 0 aromatic heterocycles. The molecule has 0 saturated carbocycles. The van der Waals surface area contributed by atoms with Crippen molar-refractivity contribution in [1.82, 2.24) is 9.80 Å². The van der Waals surface area contributed by atoms with Crippen LogP contribution in [-0.2, 0) is 17.8 Å². The minimum Gasteiger partial charge on any atom is -0.392 e. The Balaban J connectivity index is 1.57. The van der Waals surface area contributed by atoms with Gasteiger partial charge in [0.25, 0.3) is 0 Å². The number of fused-ring (bicyclic) bond motifs is 1. The monoisotopic (exact) mass is 288 g/mol. The van der Waals surface area contributed by atoms with Crippen LogP contribution >= 0.6 is 0 Å². The third-order valence-corrected chi connectivity index (χ3v) is 4.84. The Morgan fingerprint density at radius 3 is 2.81 bits per heavy atom. The van der Waals surface area contributed by atoms with E-state index in [4.69, 9.17) is 0 Å². The standard InChI is InChI=1S/C17H24N2O2/c1-13-6-8-18(11-16(13)20)12-17(21)19-9-7-14-4-2-3-5-15(14)10-19/h2-5,13,16,20H,6-12H2,1H3. The van der Waals surface area contributed by atoms with Gasteiger partial charge in [0.05, 0.1) is 12.6 Å². The van der Waals surface area contributed by atoms with Crippen molar-refractivity contribution < 1.29 is 9.90 Å². The molecule has 1 saturated heterocycles. The molecule has 21 heavy (non-hydrogen) atoms. The average molecular weight is 288 g/mol. The first kappa shape index (κ1) is 14.5. The Kier molecular flexibility index (Phi) is 4.27. The van der Waals surface area contributed by atoms with Crippen molar-refractivity contribution in [2.45, 2.75) is 32.4 Å². The number of aliphatic hydroxyl groups excluding tert-OH is 1. The lowest BCUT2D eigenvalue weighted by Gasteiger charge is -2.36. The molecule has 0 bridgehead atoms. The summed E-state index contributed by atoms with van der Waals surface area (Å²) in [4.78, 5) is 16.5. The predicted octanol–water partition coefficient (Wildman–Crippen LogP) is 1.27. The van der Waals surface area contributed by atoms with E-state index in [9.17, 15) is 9.90 Å². The van der Waals surface area contributed by atoms with Gasteiger partial charge in [0, 0.05) is 19.6 Å². The fourth-order valence-electron chi connectivity index (χ4n) is 3.26. The number of amides is 1. The molecular formula is C17H24N2O2. The highest BCUT2D eigenvalue weighted by Crippen LogP contribution is 2.20. The van der Waals surface area contributed by atoms with Crippen molar-refractivity contribution in [3.05, 3.63) is 35.4 Å². The van der Waals surface area contributed by atoms with Gasteiger partial charge in [-0.1, -0.05) is 31.2 Å². The fraction of sp³-hybridized carbons (Fsp3) is 0.588. The first-order valence-electron chi connectivity index (χ1n) is 7.88. The second-order valence-electron chi connectivity index (χ2n) is 6.40. The number of piperidine rings is 1. The molecule has 1 N–H and O–H groups in total. The topological polar surface area (TPSA) is 43.8 Å². The van der Waals surface area contributed by atoms with E-state index in [1.807, 2.05) is 11.0 Å². The van der Waals surface area contributed by atoms with Crippen molar-refractivity contribution in [2.75, 3.05) is 26.2 Å². The molecule has 4 nitrogen and oxygen atoms in total. The second-order valence-corrected chi connectivity index (χ2v) is 6.40. The number of benzene rings is 1. The van der Waals surface area contributed by atoms with Gasteiger partial charge in [-0.3, -0.25) is 9.69 Å². The Bertz CT molecular complexity index is 517. The van der Waals surface area contributed by atoms with Crippen LogP contribution in [0.5, 0.6) is 0 Å². The zero-order chi connectivity index (χ0) is 14.8. The molecule has 1 aromatic carbocycles. The van der Waals surface area contributed by atoms with Crippen LogP contribution in [0.4, 0.5) is 0 Å². The van der Waals surface area contributed by atoms with E-state index in [1.54, 1.807) is 0 Å². The van der Waals surface area contributed by atoms with E-state index in [2.05, 4.69) is 30.0 Å². The average Bonchev–Trinajstić information content (AvgIpc) is 2.50. The maximum Gasteiger partial charge on any atom is 0.237 e. The van der Waals surface area contributed by atoms with E-state index in [0.717, 1.165) is 32.5 Å². The largest absolute Gasteiger partial charge is 0.392 e. The predicted molar refractivity (Wildman–Crippen MR) is 81.8 cm³/mol. The first-order chi connectivity index (χ1) is 10.1. The fourth-order valence-corrected chi connectivity index (χ4v) is 3.26. The summed E-state index contributed by atoms with van der Waals surface area (Å²) in [6.07, 6.45) is 1.62. The minimum absolute atomic E-state index is 0.186. The highest BCUT2D eigenvalue weighted by atomic mass is 16.3. The van der Waals surface area contributed by atoms with Gasteiger partial charge in [0.15, 0.2) is 0 Å². The van der Waals surface area contributed by atoms with Crippen LogP contribution in [0.15, 0.2) is 24.3 Å². The maximum atomic E-state index is 12.5. The molecule has 4 heteroatoms. The van der Waals surface area contributed by atoms with Crippen molar-refractivity contribution in [2.24, 2.45) is 5.92 Å². The molecule has 1 fully saturated rings. The Morgan fingerprint density at radius 1 is 1.29 bits per heavy atom. The van der Waals surface area contributed by atoms with Crippen LogP contribution < -0.4 is 0 Å². The van der Waals surface area contributed by atoms with Gasteiger partial charge in [-0.2, -0.15) is 0 Å². The molecule has 2 heterocycles. The number of rotatable bonds is 2. The highest BCUT2D eigenvalue weighted by Gasteiger charge is 2.27. The number of likely N-dealkylation sites (tertiary alicyclic amines) is 1. The Labute approximate surface area is 126 Å². The molecule has 0 aliphatic carbocycles. The van der Waals surface area contributed by atoms with Crippen LogP contribution in [0.3, 0.4) is 0 Å². The number of carbonyl (C=O) groups is 1. The molecule has 0 radical (unpaired) electrons. The number of carbonyl (C=O) groups excluding carboxylic acids is 1. The molecule has 1 amide bonds. The normalized spacial score (nSPS) is 26.5. The van der Waals surface area contributed by atoms with Gasteiger partial charge in [-0.25, -0.2) is 0 Å². The number of hydrogen-bond acceptors (Lipinski definition) is 3. The minimum atomic E-state index is -0.298. The Hall–Kier alpha value is -1.39. The zero-order valence-electron chi connectivity index (χ0n) is 12.7. The summed E-state index contributed by atoms with van der Waals surface area (Å²) < 4.78 is 0. The number of aliphatic hydroxyl groups is 1. The van der Waals surface area contributed by atoms with Gasteiger partial charge >= 0.3 is 0 Å².